The predicted molar refractivity (Wildman–Crippen MR) is 46.8 cm³/mol. The minimum atomic E-state index is 0.798. The molecule has 1 rings (SSSR count). The molecule has 12 heavy (non-hydrogen) atoms. The van der Waals surface area contributed by atoms with Crippen LogP contribution in [0.2, 0.25) is 0 Å². The Morgan fingerprint density at radius 3 is 2.83 bits per heavy atom. The molecule has 3 nitrogen and oxygen atoms in total. The molecule has 0 aromatic carbocycles. The number of hydrogen-bond acceptors (Lipinski definition) is 1. The van der Waals surface area contributed by atoms with Gasteiger partial charge < -0.3 is 4.74 Å². The Balaban J connectivity index is 2.46. The number of hydrogen-bond donors (Lipinski definition) is 0. The summed E-state index contributed by atoms with van der Waals surface area (Å²) >= 11 is 0. The molecule has 0 N–H and O–H groups in total. The van der Waals surface area contributed by atoms with Gasteiger partial charge in [-0.1, -0.05) is 0 Å². The molecule has 68 valence electrons. The number of rotatable bonds is 4. The van der Waals surface area contributed by atoms with Crippen molar-refractivity contribution in [1.29, 1.82) is 0 Å². The van der Waals surface area contributed by atoms with Crippen molar-refractivity contribution in [1.82, 2.24) is 4.57 Å². The normalized spacial score (nSPS) is 10.6. The van der Waals surface area contributed by atoms with Crippen LogP contribution in [0.15, 0.2) is 12.4 Å². The molecule has 1 aromatic heterocycles. The lowest BCUT2D eigenvalue weighted by Crippen LogP contribution is -2.30. The van der Waals surface area contributed by atoms with Crippen LogP contribution >= 0.6 is 0 Å². The summed E-state index contributed by atoms with van der Waals surface area (Å²) in [6, 6.07) is 0. The van der Waals surface area contributed by atoms with Crippen molar-refractivity contribution in [3.8, 4) is 0 Å². The van der Waals surface area contributed by atoms with Crippen molar-refractivity contribution in [2.24, 2.45) is 7.05 Å². The highest BCUT2D eigenvalue weighted by Crippen LogP contribution is 1.92. The summed E-state index contributed by atoms with van der Waals surface area (Å²) < 4.78 is 9.56. The van der Waals surface area contributed by atoms with Crippen molar-refractivity contribution in [2.45, 2.75) is 20.4 Å². The summed E-state index contributed by atoms with van der Waals surface area (Å²) in [6.45, 7) is 6.66. The molecule has 1 heterocycles. The number of imidazole rings is 1. The third kappa shape index (κ3) is 2.08. The zero-order valence-electron chi connectivity index (χ0n) is 8.08. The van der Waals surface area contributed by atoms with Gasteiger partial charge in [-0.25, -0.2) is 9.13 Å². The van der Waals surface area contributed by atoms with Gasteiger partial charge >= 0.3 is 0 Å². The van der Waals surface area contributed by atoms with E-state index in [2.05, 4.69) is 28.5 Å². The quantitative estimate of drug-likeness (QED) is 0.478. The van der Waals surface area contributed by atoms with Crippen LogP contribution in [-0.2, 0) is 18.3 Å². The van der Waals surface area contributed by atoms with Gasteiger partial charge in [-0.3, -0.25) is 0 Å². The van der Waals surface area contributed by atoms with Crippen molar-refractivity contribution in [3.63, 3.8) is 0 Å². The molecule has 0 aliphatic carbocycles. The smallest absolute Gasteiger partial charge is 0.253 e. The maximum absolute atomic E-state index is 5.27. The first-order valence-electron chi connectivity index (χ1n) is 4.34. The highest BCUT2D eigenvalue weighted by atomic mass is 16.5. The standard InChI is InChI=1S/C9H17N2O/c1-4-12-8-7-11-6-5-10(3)9(11)2/h5-6H,4,7-8H2,1-3H3/q+1. The van der Waals surface area contributed by atoms with E-state index >= 15 is 0 Å². The lowest BCUT2D eigenvalue weighted by atomic mass is 10.6. The molecule has 1 aromatic rings. The van der Waals surface area contributed by atoms with E-state index in [-0.39, 0.29) is 0 Å². The van der Waals surface area contributed by atoms with E-state index in [1.165, 1.54) is 5.82 Å². The van der Waals surface area contributed by atoms with Crippen molar-refractivity contribution in [3.05, 3.63) is 18.2 Å². The molecule has 0 unspecified atom stereocenters. The first kappa shape index (κ1) is 9.26. The highest BCUT2D eigenvalue weighted by molar-refractivity contribution is 4.78. The van der Waals surface area contributed by atoms with E-state index in [0.29, 0.717) is 0 Å². The maximum atomic E-state index is 5.27. The molecular formula is C9H17N2O+. The minimum absolute atomic E-state index is 0.798. The summed E-state index contributed by atoms with van der Waals surface area (Å²) in [5, 5.41) is 0. The molecule has 0 amide bonds. The average molecular weight is 169 g/mol. The molecule has 0 saturated heterocycles. The minimum Gasteiger partial charge on any atom is -0.378 e. The van der Waals surface area contributed by atoms with Crippen molar-refractivity contribution >= 4 is 0 Å². The molecule has 0 saturated carbocycles. The molecule has 0 aliphatic rings. The Morgan fingerprint density at radius 2 is 2.33 bits per heavy atom. The predicted octanol–water partition coefficient (Wildman–Crippen LogP) is 0.658. The molecule has 3 heteroatoms. The first-order chi connectivity index (χ1) is 5.75. The summed E-state index contributed by atoms with van der Waals surface area (Å²) in [4.78, 5) is 0. The fourth-order valence-corrected chi connectivity index (χ4v) is 1.14. The first-order valence-corrected chi connectivity index (χ1v) is 4.34. The summed E-state index contributed by atoms with van der Waals surface area (Å²) in [5.74, 6) is 1.26. The summed E-state index contributed by atoms with van der Waals surface area (Å²) in [7, 11) is 2.05. The maximum Gasteiger partial charge on any atom is 0.253 e. The van der Waals surface area contributed by atoms with Crippen LogP contribution < -0.4 is 4.57 Å². The third-order valence-corrected chi connectivity index (χ3v) is 2.08. The Morgan fingerprint density at radius 1 is 1.58 bits per heavy atom. The Kier molecular flexibility index (Phi) is 3.29. The van der Waals surface area contributed by atoms with Gasteiger partial charge in [-0.15, -0.1) is 0 Å². The second-order valence-electron chi connectivity index (χ2n) is 2.85. The SMILES string of the molecule is CCOCCn1cc[n+](C)c1C. The fraction of sp³-hybridized carbons (Fsp3) is 0.667. The molecule has 0 radical (unpaired) electrons. The molecule has 0 aliphatic heterocycles. The number of aryl methyl sites for hydroxylation is 1. The van der Waals surface area contributed by atoms with Crippen LogP contribution in [0.1, 0.15) is 12.7 Å². The van der Waals surface area contributed by atoms with Gasteiger partial charge in [0, 0.05) is 13.5 Å². The molecule has 0 atom stereocenters. The third-order valence-electron chi connectivity index (χ3n) is 2.08. The number of ether oxygens (including phenoxy) is 1. The second-order valence-corrected chi connectivity index (χ2v) is 2.85. The van der Waals surface area contributed by atoms with E-state index in [4.69, 9.17) is 4.74 Å². The van der Waals surface area contributed by atoms with E-state index < -0.39 is 0 Å². The number of aromatic nitrogens is 2. The Hall–Kier alpha value is -0.830. The largest absolute Gasteiger partial charge is 0.378 e. The van der Waals surface area contributed by atoms with Crippen LogP contribution in [0.5, 0.6) is 0 Å². The van der Waals surface area contributed by atoms with E-state index in [0.717, 1.165) is 19.8 Å². The van der Waals surface area contributed by atoms with E-state index in [1.807, 2.05) is 14.0 Å². The van der Waals surface area contributed by atoms with Crippen LogP contribution in [0.4, 0.5) is 0 Å². The molecule has 0 spiro atoms. The highest BCUT2D eigenvalue weighted by Gasteiger charge is 2.06. The van der Waals surface area contributed by atoms with Gasteiger partial charge in [0.25, 0.3) is 5.82 Å². The van der Waals surface area contributed by atoms with Gasteiger partial charge in [-0.2, -0.15) is 0 Å². The van der Waals surface area contributed by atoms with Crippen LogP contribution in [-0.4, -0.2) is 17.8 Å². The van der Waals surface area contributed by atoms with Crippen LogP contribution in [0.25, 0.3) is 0 Å². The van der Waals surface area contributed by atoms with E-state index in [9.17, 15) is 0 Å². The molecular weight excluding hydrogens is 152 g/mol. The number of nitrogens with zero attached hydrogens (tertiary/aromatic N) is 2. The Labute approximate surface area is 73.6 Å². The fourth-order valence-electron chi connectivity index (χ4n) is 1.14. The van der Waals surface area contributed by atoms with Gasteiger partial charge in [-0.05, 0) is 6.92 Å². The van der Waals surface area contributed by atoms with Gasteiger partial charge in [0.15, 0.2) is 0 Å². The van der Waals surface area contributed by atoms with Crippen LogP contribution in [0.3, 0.4) is 0 Å². The zero-order chi connectivity index (χ0) is 8.97. The summed E-state index contributed by atoms with van der Waals surface area (Å²) in [6.07, 6.45) is 4.13. The summed E-state index contributed by atoms with van der Waals surface area (Å²) in [5.41, 5.74) is 0. The lowest BCUT2D eigenvalue weighted by molar-refractivity contribution is -0.677. The topological polar surface area (TPSA) is 18.0 Å². The van der Waals surface area contributed by atoms with Gasteiger partial charge in [0.05, 0.1) is 13.7 Å². The Bertz CT molecular complexity index is 243. The van der Waals surface area contributed by atoms with Gasteiger partial charge in [0.2, 0.25) is 0 Å². The monoisotopic (exact) mass is 169 g/mol. The van der Waals surface area contributed by atoms with Crippen LogP contribution in [0, 0.1) is 6.92 Å². The van der Waals surface area contributed by atoms with Gasteiger partial charge in [0.1, 0.15) is 18.9 Å². The lowest BCUT2D eigenvalue weighted by Gasteiger charge is -1.99. The average Bonchev–Trinajstić information content (AvgIpc) is 2.36. The molecule has 0 bridgehead atoms. The zero-order valence-corrected chi connectivity index (χ0v) is 8.08. The van der Waals surface area contributed by atoms with Crippen molar-refractivity contribution < 1.29 is 9.30 Å². The molecule has 0 fully saturated rings. The van der Waals surface area contributed by atoms with E-state index in [1.54, 1.807) is 0 Å². The second kappa shape index (κ2) is 4.26. The van der Waals surface area contributed by atoms with Crippen molar-refractivity contribution in [2.75, 3.05) is 13.2 Å².